The average molecular weight is 546 g/mol. The Kier molecular flexibility index (Phi) is 9.41. The van der Waals surface area contributed by atoms with E-state index in [1.165, 1.54) is 32.3 Å². The molecule has 10 heteroatoms. The molecule has 0 heterocycles. The van der Waals surface area contributed by atoms with Crippen molar-refractivity contribution >= 4 is 40.8 Å². The number of ether oxygens (including phenoxy) is 3. The molecule has 8 nitrogen and oxygen atoms in total. The molecule has 0 spiro atoms. The maximum atomic E-state index is 13.3. The number of rotatable bonds is 10. The van der Waals surface area contributed by atoms with E-state index in [2.05, 4.69) is 0 Å². The minimum absolute atomic E-state index is 0.0246. The van der Waals surface area contributed by atoms with Gasteiger partial charge in [0.15, 0.2) is 0 Å². The van der Waals surface area contributed by atoms with Crippen molar-refractivity contribution in [2.45, 2.75) is 12.6 Å². The number of benzene rings is 3. The number of carbonyl (C=O) groups excluding carboxylic acids is 1. The standard InChI is InChI=1S/C27H25Cl2NO7/c1-35-18-9-7-16(23(14-18)37-3)15-30(24(31)11-12-25(32)33)21-10-8-17(28)13-20(21)27(34)19-5-4-6-22(36-2)26(19)29/h4-14,27,34H,15H2,1-3H3,(H,32,33)/b12-11+. The molecule has 1 atom stereocenters. The first-order valence-electron chi connectivity index (χ1n) is 10.9. The predicted molar refractivity (Wildman–Crippen MR) is 141 cm³/mol. The Hall–Kier alpha value is -3.72. The summed E-state index contributed by atoms with van der Waals surface area (Å²) in [6.07, 6.45) is 0.375. The Labute approximate surface area is 224 Å². The van der Waals surface area contributed by atoms with Crippen LogP contribution in [0.2, 0.25) is 10.0 Å². The lowest BCUT2D eigenvalue weighted by molar-refractivity contribution is -0.131. The molecule has 0 saturated heterocycles. The fourth-order valence-electron chi connectivity index (χ4n) is 3.72. The molecule has 3 aromatic carbocycles. The lowest BCUT2D eigenvalue weighted by atomic mass is 9.98. The molecule has 2 N–H and O–H groups in total. The quantitative estimate of drug-likeness (QED) is 0.334. The molecule has 0 radical (unpaired) electrons. The van der Waals surface area contributed by atoms with E-state index in [0.717, 1.165) is 12.2 Å². The minimum Gasteiger partial charge on any atom is -0.497 e. The molecular weight excluding hydrogens is 521 g/mol. The molecule has 194 valence electrons. The van der Waals surface area contributed by atoms with Crippen LogP contribution in [-0.4, -0.2) is 43.4 Å². The average Bonchev–Trinajstić information content (AvgIpc) is 2.90. The maximum Gasteiger partial charge on any atom is 0.328 e. The Morgan fingerprint density at radius 3 is 2.30 bits per heavy atom. The molecular formula is C27H25Cl2NO7. The van der Waals surface area contributed by atoms with Crippen molar-refractivity contribution in [3.8, 4) is 17.2 Å². The number of methoxy groups -OCH3 is 3. The Balaban J connectivity index is 2.17. The highest BCUT2D eigenvalue weighted by molar-refractivity contribution is 6.33. The molecule has 0 aliphatic heterocycles. The van der Waals surface area contributed by atoms with Crippen molar-refractivity contribution in [2.24, 2.45) is 0 Å². The van der Waals surface area contributed by atoms with Gasteiger partial charge in [0, 0.05) is 39.9 Å². The van der Waals surface area contributed by atoms with Crippen molar-refractivity contribution in [1.82, 2.24) is 0 Å². The molecule has 3 rings (SSSR count). The van der Waals surface area contributed by atoms with E-state index >= 15 is 0 Å². The van der Waals surface area contributed by atoms with E-state index in [1.54, 1.807) is 48.5 Å². The fourth-order valence-corrected chi connectivity index (χ4v) is 4.21. The van der Waals surface area contributed by atoms with Crippen LogP contribution in [0.5, 0.6) is 17.2 Å². The van der Waals surface area contributed by atoms with E-state index in [4.69, 9.17) is 42.5 Å². The van der Waals surface area contributed by atoms with Crippen LogP contribution in [0.3, 0.4) is 0 Å². The summed E-state index contributed by atoms with van der Waals surface area (Å²) < 4.78 is 16.0. The van der Waals surface area contributed by atoms with Crippen molar-refractivity contribution in [3.63, 3.8) is 0 Å². The summed E-state index contributed by atoms with van der Waals surface area (Å²) in [5.74, 6) is -0.560. The van der Waals surface area contributed by atoms with E-state index in [9.17, 15) is 14.7 Å². The topological polar surface area (TPSA) is 106 Å². The van der Waals surface area contributed by atoms with Crippen LogP contribution in [0, 0.1) is 0 Å². The number of hydrogen-bond acceptors (Lipinski definition) is 6. The van der Waals surface area contributed by atoms with Crippen LogP contribution < -0.4 is 19.1 Å². The summed E-state index contributed by atoms with van der Waals surface area (Å²) in [5.41, 5.74) is 1.50. The summed E-state index contributed by atoms with van der Waals surface area (Å²) in [6, 6.07) is 14.7. The van der Waals surface area contributed by atoms with Gasteiger partial charge in [-0.3, -0.25) is 4.79 Å². The summed E-state index contributed by atoms with van der Waals surface area (Å²) >= 11 is 12.7. The molecule has 0 bridgehead atoms. The lowest BCUT2D eigenvalue weighted by Gasteiger charge is -2.27. The monoisotopic (exact) mass is 545 g/mol. The number of hydrogen-bond donors (Lipinski definition) is 2. The number of carboxylic acids is 1. The molecule has 37 heavy (non-hydrogen) atoms. The molecule has 0 aromatic heterocycles. The van der Waals surface area contributed by atoms with Gasteiger partial charge in [-0.15, -0.1) is 0 Å². The zero-order chi connectivity index (χ0) is 27.1. The third-order valence-electron chi connectivity index (χ3n) is 5.54. The highest BCUT2D eigenvalue weighted by Gasteiger charge is 2.26. The van der Waals surface area contributed by atoms with Gasteiger partial charge >= 0.3 is 5.97 Å². The number of carboxylic acid groups (broad SMARTS) is 1. The first-order valence-corrected chi connectivity index (χ1v) is 11.7. The second-order valence-corrected chi connectivity index (χ2v) is 8.56. The first-order chi connectivity index (χ1) is 17.7. The van der Waals surface area contributed by atoms with Crippen molar-refractivity contribution in [1.29, 1.82) is 0 Å². The van der Waals surface area contributed by atoms with Crippen molar-refractivity contribution in [3.05, 3.63) is 93.5 Å². The number of carbonyl (C=O) groups is 2. The van der Waals surface area contributed by atoms with Gasteiger partial charge in [-0.1, -0.05) is 35.3 Å². The second kappa shape index (κ2) is 12.5. The van der Waals surface area contributed by atoms with Gasteiger partial charge in [0.1, 0.15) is 23.4 Å². The Bertz CT molecular complexity index is 1330. The van der Waals surface area contributed by atoms with Gasteiger partial charge in [-0.25, -0.2) is 4.79 Å². The van der Waals surface area contributed by atoms with Crippen LogP contribution in [-0.2, 0) is 16.1 Å². The highest BCUT2D eigenvalue weighted by Crippen LogP contribution is 2.40. The fraction of sp³-hybridized carbons (Fsp3) is 0.185. The van der Waals surface area contributed by atoms with Gasteiger partial charge < -0.3 is 29.3 Å². The molecule has 0 aliphatic carbocycles. The number of halogens is 2. The van der Waals surface area contributed by atoms with Crippen LogP contribution in [0.25, 0.3) is 0 Å². The van der Waals surface area contributed by atoms with Crippen LogP contribution >= 0.6 is 23.2 Å². The van der Waals surface area contributed by atoms with Gasteiger partial charge in [0.25, 0.3) is 5.91 Å². The number of amides is 1. The maximum absolute atomic E-state index is 13.3. The number of nitrogens with zero attached hydrogens (tertiary/aromatic N) is 1. The summed E-state index contributed by atoms with van der Waals surface area (Å²) in [4.78, 5) is 25.7. The van der Waals surface area contributed by atoms with Crippen LogP contribution in [0.15, 0.2) is 66.7 Å². The summed E-state index contributed by atoms with van der Waals surface area (Å²) in [5, 5.41) is 21.0. The normalized spacial score (nSPS) is 11.7. The third kappa shape index (κ3) is 6.54. The van der Waals surface area contributed by atoms with Gasteiger partial charge in [0.2, 0.25) is 0 Å². The Morgan fingerprint density at radius 2 is 1.65 bits per heavy atom. The SMILES string of the molecule is COc1ccc(CN(C(=O)/C=C/C(=O)O)c2ccc(Cl)cc2C(O)c2cccc(OC)c2Cl)c(OC)c1. The van der Waals surface area contributed by atoms with Crippen molar-refractivity contribution < 1.29 is 34.0 Å². The van der Waals surface area contributed by atoms with E-state index < -0.39 is 18.0 Å². The molecule has 1 amide bonds. The van der Waals surface area contributed by atoms with Gasteiger partial charge in [-0.05, 0) is 36.4 Å². The van der Waals surface area contributed by atoms with E-state index in [1.807, 2.05) is 0 Å². The van der Waals surface area contributed by atoms with E-state index in [-0.39, 0.29) is 22.8 Å². The summed E-state index contributed by atoms with van der Waals surface area (Å²) in [6.45, 7) is -0.0246. The number of aliphatic hydroxyl groups is 1. The first kappa shape index (κ1) is 27.9. The molecule has 3 aromatic rings. The Morgan fingerprint density at radius 1 is 0.919 bits per heavy atom. The van der Waals surface area contributed by atoms with Crippen LogP contribution in [0.4, 0.5) is 5.69 Å². The largest absolute Gasteiger partial charge is 0.497 e. The van der Waals surface area contributed by atoms with Crippen LogP contribution in [0.1, 0.15) is 22.8 Å². The summed E-state index contributed by atoms with van der Waals surface area (Å²) in [7, 11) is 4.46. The van der Waals surface area contributed by atoms with Gasteiger partial charge in [-0.2, -0.15) is 0 Å². The highest BCUT2D eigenvalue weighted by atomic mass is 35.5. The third-order valence-corrected chi connectivity index (χ3v) is 6.18. The van der Waals surface area contributed by atoms with Crippen molar-refractivity contribution in [2.75, 3.05) is 26.2 Å². The van der Waals surface area contributed by atoms with E-state index in [0.29, 0.717) is 33.4 Å². The number of aliphatic carboxylic acids is 1. The molecule has 0 aliphatic rings. The molecule has 0 fully saturated rings. The second-order valence-electron chi connectivity index (χ2n) is 7.74. The zero-order valence-corrected chi connectivity index (χ0v) is 21.8. The smallest absolute Gasteiger partial charge is 0.328 e. The zero-order valence-electron chi connectivity index (χ0n) is 20.3. The lowest BCUT2D eigenvalue weighted by Crippen LogP contribution is -2.30. The molecule has 0 saturated carbocycles. The minimum atomic E-state index is -1.30. The number of anilines is 1. The molecule has 1 unspecified atom stereocenters. The van der Waals surface area contributed by atoms with Gasteiger partial charge in [0.05, 0.1) is 38.6 Å². The predicted octanol–water partition coefficient (Wildman–Crippen LogP) is 5.27. The number of aliphatic hydroxyl groups excluding tert-OH is 1.